The maximum atomic E-state index is 13.3. The second-order valence-corrected chi connectivity index (χ2v) is 5.96. The highest BCUT2D eigenvalue weighted by Crippen LogP contribution is 2.28. The molecule has 0 aliphatic carbocycles. The Balaban J connectivity index is 1.61. The molecule has 0 spiro atoms. The van der Waals surface area contributed by atoms with Gasteiger partial charge in [0.2, 0.25) is 11.8 Å². The molecule has 1 aliphatic rings. The lowest BCUT2D eigenvalue weighted by Crippen LogP contribution is -2.20. The fraction of sp³-hybridized carbons (Fsp3) is 0.500. The Labute approximate surface area is 124 Å². The molecule has 0 N–H and O–H groups in total. The summed E-state index contributed by atoms with van der Waals surface area (Å²) >= 11 is 0. The van der Waals surface area contributed by atoms with E-state index in [9.17, 15) is 4.39 Å². The van der Waals surface area contributed by atoms with Gasteiger partial charge in [0.1, 0.15) is 5.82 Å². The molecule has 1 aromatic heterocycles. The van der Waals surface area contributed by atoms with E-state index in [2.05, 4.69) is 15.1 Å². The van der Waals surface area contributed by atoms with Crippen LogP contribution >= 0.6 is 0 Å². The van der Waals surface area contributed by atoms with E-state index in [0.29, 0.717) is 24.2 Å². The number of aromatic nitrogens is 2. The van der Waals surface area contributed by atoms with Gasteiger partial charge in [0.05, 0.1) is 6.54 Å². The molecule has 1 aromatic carbocycles. The summed E-state index contributed by atoms with van der Waals surface area (Å²) < 4.78 is 18.9. The Kier molecular flexibility index (Phi) is 4.01. The van der Waals surface area contributed by atoms with Crippen LogP contribution in [-0.2, 0) is 6.54 Å². The van der Waals surface area contributed by atoms with Gasteiger partial charge in [-0.05, 0) is 36.6 Å². The zero-order valence-electron chi connectivity index (χ0n) is 12.4. The summed E-state index contributed by atoms with van der Waals surface area (Å²) in [5.74, 6) is 1.83. The van der Waals surface area contributed by atoms with Crippen LogP contribution in [-0.4, -0.2) is 28.2 Å². The van der Waals surface area contributed by atoms with Crippen LogP contribution in [0.4, 0.5) is 4.39 Å². The van der Waals surface area contributed by atoms with Gasteiger partial charge in [0.15, 0.2) is 0 Å². The van der Waals surface area contributed by atoms with Crippen molar-refractivity contribution in [2.45, 2.75) is 38.6 Å². The van der Waals surface area contributed by atoms with Gasteiger partial charge in [0, 0.05) is 12.5 Å². The molecule has 1 saturated heterocycles. The third-order valence-electron chi connectivity index (χ3n) is 3.93. The van der Waals surface area contributed by atoms with Gasteiger partial charge in [-0.3, -0.25) is 4.90 Å². The zero-order valence-corrected chi connectivity index (χ0v) is 12.4. The van der Waals surface area contributed by atoms with Crippen LogP contribution in [0.5, 0.6) is 0 Å². The Hall–Kier alpha value is -1.75. The summed E-state index contributed by atoms with van der Waals surface area (Å²) in [5, 5.41) is 8.15. The van der Waals surface area contributed by atoms with Gasteiger partial charge in [-0.25, -0.2) is 4.39 Å². The maximum Gasteiger partial charge on any atom is 0.230 e. The number of halogens is 1. The van der Waals surface area contributed by atoms with E-state index in [1.165, 1.54) is 6.07 Å². The van der Waals surface area contributed by atoms with Crippen LogP contribution in [0.15, 0.2) is 28.7 Å². The number of likely N-dealkylation sites (tertiary alicyclic amines) is 1. The van der Waals surface area contributed by atoms with Crippen molar-refractivity contribution in [3.8, 4) is 0 Å². The molecule has 1 atom stereocenters. The zero-order chi connectivity index (χ0) is 14.8. The van der Waals surface area contributed by atoms with Crippen molar-refractivity contribution in [3.05, 3.63) is 47.4 Å². The molecule has 21 heavy (non-hydrogen) atoms. The van der Waals surface area contributed by atoms with Gasteiger partial charge in [-0.1, -0.05) is 26.0 Å². The van der Waals surface area contributed by atoms with E-state index in [4.69, 9.17) is 4.42 Å². The smallest absolute Gasteiger partial charge is 0.230 e. The lowest BCUT2D eigenvalue weighted by Gasteiger charge is -2.14. The molecule has 0 saturated carbocycles. The summed E-state index contributed by atoms with van der Waals surface area (Å²) in [4.78, 5) is 2.28. The first-order valence-electron chi connectivity index (χ1n) is 7.42. The molecule has 1 aliphatic heterocycles. The lowest BCUT2D eigenvalue weighted by molar-refractivity contribution is 0.281. The normalized spacial score (nSPS) is 19.5. The Morgan fingerprint density at radius 3 is 2.95 bits per heavy atom. The molecule has 3 rings (SSSR count). The van der Waals surface area contributed by atoms with Crippen LogP contribution in [0.1, 0.15) is 49.4 Å². The van der Waals surface area contributed by atoms with Crippen molar-refractivity contribution in [2.75, 3.05) is 13.1 Å². The van der Waals surface area contributed by atoms with Crippen molar-refractivity contribution in [1.82, 2.24) is 15.1 Å². The van der Waals surface area contributed by atoms with Crippen molar-refractivity contribution >= 4 is 0 Å². The average Bonchev–Trinajstić information content (AvgIpc) is 3.08. The summed E-state index contributed by atoms with van der Waals surface area (Å²) in [6.07, 6.45) is 1.04. The second-order valence-electron chi connectivity index (χ2n) is 5.96. The van der Waals surface area contributed by atoms with Gasteiger partial charge in [-0.2, -0.15) is 0 Å². The number of benzene rings is 1. The highest BCUT2D eigenvalue weighted by Gasteiger charge is 2.25. The highest BCUT2D eigenvalue weighted by atomic mass is 19.1. The fourth-order valence-electron chi connectivity index (χ4n) is 2.76. The van der Waals surface area contributed by atoms with Gasteiger partial charge >= 0.3 is 0 Å². The molecular weight excluding hydrogens is 269 g/mol. The molecule has 2 heterocycles. The third-order valence-corrected chi connectivity index (χ3v) is 3.93. The van der Waals surface area contributed by atoms with Crippen LogP contribution in [0, 0.1) is 5.82 Å². The first kappa shape index (κ1) is 14.2. The van der Waals surface area contributed by atoms with Gasteiger partial charge in [0.25, 0.3) is 0 Å². The van der Waals surface area contributed by atoms with Crippen LogP contribution in [0.2, 0.25) is 0 Å². The molecule has 4 nitrogen and oxygen atoms in total. The SMILES string of the molecule is CC(C)c1nnc(CN2CC[C@@H](c3cccc(F)c3)C2)o1. The van der Waals surface area contributed by atoms with E-state index in [1.807, 2.05) is 19.9 Å². The number of hydrogen-bond donors (Lipinski definition) is 0. The summed E-state index contributed by atoms with van der Waals surface area (Å²) in [7, 11) is 0. The quantitative estimate of drug-likeness (QED) is 0.866. The second kappa shape index (κ2) is 5.93. The minimum Gasteiger partial charge on any atom is -0.424 e. The Bertz CT molecular complexity index is 611. The first-order chi connectivity index (χ1) is 10.1. The number of rotatable bonds is 4. The first-order valence-corrected chi connectivity index (χ1v) is 7.42. The summed E-state index contributed by atoms with van der Waals surface area (Å²) in [6.45, 7) is 6.62. The molecule has 0 amide bonds. The molecule has 0 unspecified atom stereocenters. The van der Waals surface area contributed by atoms with Crippen LogP contribution in [0.25, 0.3) is 0 Å². The molecule has 0 bridgehead atoms. The topological polar surface area (TPSA) is 42.2 Å². The summed E-state index contributed by atoms with van der Waals surface area (Å²) in [6, 6.07) is 6.90. The molecule has 0 radical (unpaired) electrons. The minimum absolute atomic E-state index is 0.163. The number of nitrogens with zero attached hydrogens (tertiary/aromatic N) is 3. The summed E-state index contributed by atoms with van der Waals surface area (Å²) in [5.41, 5.74) is 1.07. The van der Waals surface area contributed by atoms with E-state index in [-0.39, 0.29) is 11.7 Å². The average molecular weight is 289 g/mol. The monoisotopic (exact) mass is 289 g/mol. The highest BCUT2D eigenvalue weighted by molar-refractivity contribution is 5.22. The largest absolute Gasteiger partial charge is 0.424 e. The van der Waals surface area contributed by atoms with E-state index in [1.54, 1.807) is 12.1 Å². The van der Waals surface area contributed by atoms with Crippen molar-refractivity contribution in [3.63, 3.8) is 0 Å². The predicted molar refractivity (Wildman–Crippen MR) is 77.4 cm³/mol. The lowest BCUT2D eigenvalue weighted by atomic mass is 9.98. The molecular formula is C16H20FN3O. The number of hydrogen-bond acceptors (Lipinski definition) is 4. The standard InChI is InChI=1S/C16H20FN3O/c1-11(2)16-19-18-15(21-16)10-20-7-6-13(9-20)12-4-3-5-14(17)8-12/h3-5,8,11,13H,6-7,9-10H2,1-2H3/t13-/m1/s1. The van der Waals surface area contributed by atoms with Gasteiger partial charge in [-0.15, -0.1) is 10.2 Å². The molecule has 1 fully saturated rings. The minimum atomic E-state index is -0.163. The third kappa shape index (κ3) is 3.29. The van der Waals surface area contributed by atoms with Gasteiger partial charge < -0.3 is 4.42 Å². The van der Waals surface area contributed by atoms with Crippen molar-refractivity contribution in [1.29, 1.82) is 0 Å². The Morgan fingerprint density at radius 1 is 1.38 bits per heavy atom. The molecule has 2 aromatic rings. The maximum absolute atomic E-state index is 13.3. The van der Waals surface area contributed by atoms with E-state index >= 15 is 0 Å². The van der Waals surface area contributed by atoms with Crippen molar-refractivity contribution in [2.24, 2.45) is 0 Å². The van der Waals surface area contributed by atoms with E-state index < -0.39 is 0 Å². The van der Waals surface area contributed by atoms with Crippen LogP contribution < -0.4 is 0 Å². The van der Waals surface area contributed by atoms with Crippen molar-refractivity contribution < 1.29 is 8.81 Å². The molecule has 5 heteroatoms. The van der Waals surface area contributed by atoms with E-state index in [0.717, 1.165) is 25.1 Å². The van der Waals surface area contributed by atoms with Crippen LogP contribution in [0.3, 0.4) is 0 Å². The fourth-order valence-corrected chi connectivity index (χ4v) is 2.76. The predicted octanol–water partition coefficient (Wildman–Crippen LogP) is 3.32. The Morgan fingerprint density at radius 2 is 2.24 bits per heavy atom. The molecule has 112 valence electrons.